The van der Waals surface area contributed by atoms with Crippen molar-refractivity contribution in [3.8, 4) is 0 Å². The van der Waals surface area contributed by atoms with Gasteiger partial charge < -0.3 is 10.2 Å². The summed E-state index contributed by atoms with van der Waals surface area (Å²) in [7, 11) is 0. The van der Waals surface area contributed by atoms with Crippen LogP contribution < -0.4 is 10.2 Å². The van der Waals surface area contributed by atoms with E-state index in [0.717, 1.165) is 0 Å². The molecule has 0 aliphatic carbocycles. The molecule has 3 rings (SSSR count). The average Bonchev–Trinajstić information content (AvgIpc) is 2.92. The van der Waals surface area contributed by atoms with Crippen LogP contribution >= 0.6 is 11.6 Å². The second-order valence-electron chi connectivity index (χ2n) is 5.83. The molecule has 1 saturated heterocycles. The van der Waals surface area contributed by atoms with Crippen molar-refractivity contribution < 1.29 is 14.0 Å². The first-order chi connectivity index (χ1) is 11.4. The van der Waals surface area contributed by atoms with Crippen LogP contribution in [-0.4, -0.2) is 18.4 Å². The minimum Gasteiger partial charge on any atom is -0.326 e. The highest BCUT2D eigenvalue weighted by molar-refractivity contribution is 6.31. The van der Waals surface area contributed by atoms with Gasteiger partial charge in [0.15, 0.2) is 0 Å². The lowest BCUT2D eigenvalue weighted by atomic mass is 10.1. The summed E-state index contributed by atoms with van der Waals surface area (Å²) in [4.78, 5) is 26.2. The molecule has 1 N–H and O–H groups in total. The van der Waals surface area contributed by atoms with Crippen LogP contribution in [0.3, 0.4) is 0 Å². The van der Waals surface area contributed by atoms with Gasteiger partial charge in [-0.3, -0.25) is 9.59 Å². The third-order valence-corrected chi connectivity index (χ3v) is 4.30. The Bertz CT molecular complexity index is 809. The number of carbonyl (C=O) groups excluding carboxylic acids is 2. The minimum absolute atomic E-state index is 0.117. The Morgan fingerprint density at radius 2 is 2.08 bits per heavy atom. The standard InChI is InChI=1S/C18H16ClFN2O2/c1-11-7-14(20)5-6-16(11)21-18(24)12-8-17(23)22(10-12)15-4-2-3-13(19)9-15/h2-7,9,12H,8,10H2,1H3,(H,21,24)/t12-/m0/s1. The lowest BCUT2D eigenvalue weighted by Gasteiger charge is -2.17. The molecule has 1 fully saturated rings. The van der Waals surface area contributed by atoms with Crippen molar-refractivity contribution in [1.82, 2.24) is 0 Å². The molecule has 2 aromatic rings. The van der Waals surface area contributed by atoms with E-state index in [4.69, 9.17) is 11.6 Å². The molecule has 1 aliphatic rings. The number of carbonyl (C=O) groups is 2. The lowest BCUT2D eigenvalue weighted by Crippen LogP contribution is -2.28. The first-order valence-electron chi connectivity index (χ1n) is 7.57. The third-order valence-electron chi connectivity index (χ3n) is 4.06. The van der Waals surface area contributed by atoms with Crippen molar-refractivity contribution in [3.63, 3.8) is 0 Å². The van der Waals surface area contributed by atoms with Crippen LogP contribution in [0.5, 0.6) is 0 Å². The van der Waals surface area contributed by atoms with Crippen molar-refractivity contribution in [2.75, 3.05) is 16.8 Å². The van der Waals surface area contributed by atoms with Gasteiger partial charge in [-0.2, -0.15) is 0 Å². The molecule has 0 aromatic heterocycles. The number of halogens is 2. The Kier molecular flexibility index (Phi) is 4.53. The van der Waals surface area contributed by atoms with E-state index in [0.29, 0.717) is 28.5 Å². The summed E-state index contributed by atoms with van der Waals surface area (Å²) in [5, 5.41) is 3.31. The molecule has 24 heavy (non-hydrogen) atoms. The summed E-state index contributed by atoms with van der Waals surface area (Å²) in [5.74, 6) is -1.18. The summed E-state index contributed by atoms with van der Waals surface area (Å²) in [6.07, 6.45) is 0.137. The number of amides is 2. The van der Waals surface area contributed by atoms with E-state index in [1.54, 1.807) is 36.1 Å². The summed E-state index contributed by atoms with van der Waals surface area (Å²) >= 11 is 5.96. The van der Waals surface area contributed by atoms with Crippen LogP contribution in [0.25, 0.3) is 0 Å². The highest BCUT2D eigenvalue weighted by atomic mass is 35.5. The molecule has 2 aromatic carbocycles. The molecule has 124 valence electrons. The van der Waals surface area contributed by atoms with Gasteiger partial charge in [-0.05, 0) is 48.9 Å². The molecule has 0 spiro atoms. The number of benzene rings is 2. The maximum atomic E-state index is 13.1. The van der Waals surface area contributed by atoms with Gasteiger partial charge in [-0.15, -0.1) is 0 Å². The molecule has 1 aliphatic heterocycles. The van der Waals surface area contributed by atoms with Gasteiger partial charge in [-0.1, -0.05) is 17.7 Å². The van der Waals surface area contributed by atoms with Gasteiger partial charge in [-0.25, -0.2) is 4.39 Å². The van der Waals surface area contributed by atoms with Crippen LogP contribution in [-0.2, 0) is 9.59 Å². The Balaban J connectivity index is 1.72. The van der Waals surface area contributed by atoms with Crippen molar-refractivity contribution in [2.45, 2.75) is 13.3 Å². The van der Waals surface area contributed by atoms with E-state index < -0.39 is 5.92 Å². The second-order valence-corrected chi connectivity index (χ2v) is 6.27. The summed E-state index contributed by atoms with van der Waals surface area (Å²) in [6.45, 7) is 2.02. The number of hydrogen-bond donors (Lipinski definition) is 1. The van der Waals surface area contributed by atoms with Crippen LogP contribution in [0.2, 0.25) is 5.02 Å². The number of nitrogens with zero attached hydrogens (tertiary/aromatic N) is 1. The van der Waals surface area contributed by atoms with E-state index in [9.17, 15) is 14.0 Å². The van der Waals surface area contributed by atoms with Crippen LogP contribution in [0.4, 0.5) is 15.8 Å². The number of anilines is 2. The quantitative estimate of drug-likeness (QED) is 0.919. The average molecular weight is 347 g/mol. The van der Waals surface area contributed by atoms with Crippen LogP contribution in [0.15, 0.2) is 42.5 Å². The summed E-state index contributed by atoms with van der Waals surface area (Å²) in [6, 6.07) is 11.1. The first kappa shape index (κ1) is 16.5. The zero-order valence-corrected chi connectivity index (χ0v) is 13.8. The van der Waals surface area contributed by atoms with Crippen LogP contribution in [0, 0.1) is 18.7 Å². The van der Waals surface area contributed by atoms with Gasteiger partial charge in [0, 0.05) is 29.4 Å². The lowest BCUT2D eigenvalue weighted by molar-refractivity contribution is -0.122. The largest absolute Gasteiger partial charge is 0.326 e. The molecule has 6 heteroatoms. The monoisotopic (exact) mass is 346 g/mol. The number of hydrogen-bond acceptors (Lipinski definition) is 2. The molecular formula is C18H16ClFN2O2. The maximum absolute atomic E-state index is 13.1. The minimum atomic E-state index is -0.457. The molecule has 4 nitrogen and oxygen atoms in total. The highest BCUT2D eigenvalue weighted by Crippen LogP contribution is 2.28. The summed E-state index contributed by atoms with van der Waals surface area (Å²) < 4.78 is 13.1. The van der Waals surface area contributed by atoms with E-state index in [1.165, 1.54) is 18.2 Å². The number of rotatable bonds is 3. The normalized spacial score (nSPS) is 17.2. The molecule has 0 saturated carbocycles. The van der Waals surface area contributed by atoms with Gasteiger partial charge >= 0.3 is 0 Å². The Morgan fingerprint density at radius 1 is 1.29 bits per heavy atom. The molecule has 0 unspecified atom stereocenters. The maximum Gasteiger partial charge on any atom is 0.229 e. The van der Waals surface area contributed by atoms with Crippen molar-refractivity contribution in [1.29, 1.82) is 0 Å². The molecule has 1 heterocycles. The second kappa shape index (κ2) is 6.61. The third kappa shape index (κ3) is 3.41. The van der Waals surface area contributed by atoms with Crippen molar-refractivity contribution >= 4 is 34.8 Å². The fourth-order valence-electron chi connectivity index (χ4n) is 2.78. The molecule has 1 atom stereocenters. The molecule has 2 amide bonds. The topological polar surface area (TPSA) is 49.4 Å². The SMILES string of the molecule is Cc1cc(F)ccc1NC(=O)[C@H]1CC(=O)N(c2cccc(Cl)c2)C1. The van der Waals surface area contributed by atoms with Gasteiger partial charge in [0.2, 0.25) is 11.8 Å². The fourth-order valence-corrected chi connectivity index (χ4v) is 2.96. The molecule has 0 radical (unpaired) electrons. The van der Waals surface area contributed by atoms with E-state index >= 15 is 0 Å². The number of nitrogens with one attached hydrogen (secondary N) is 1. The van der Waals surface area contributed by atoms with Gasteiger partial charge in [0.1, 0.15) is 5.82 Å². The predicted molar refractivity (Wildman–Crippen MR) is 91.7 cm³/mol. The van der Waals surface area contributed by atoms with E-state index in [1.807, 2.05) is 0 Å². The van der Waals surface area contributed by atoms with E-state index in [2.05, 4.69) is 5.32 Å². The Morgan fingerprint density at radius 3 is 2.79 bits per heavy atom. The van der Waals surface area contributed by atoms with Gasteiger partial charge in [0.05, 0.1) is 5.92 Å². The van der Waals surface area contributed by atoms with E-state index in [-0.39, 0.29) is 24.1 Å². The number of aryl methyl sites for hydroxylation is 1. The highest BCUT2D eigenvalue weighted by Gasteiger charge is 2.35. The molecule has 0 bridgehead atoms. The Labute approximate surface area is 144 Å². The summed E-state index contributed by atoms with van der Waals surface area (Å²) in [5.41, 5.74) is 1.87. The fraction of sp³-hybridized carbons (Fsp3) is 0.222. The van der Waals surface area contributed by atoms with Crippen LogP contribution in [0.1, 0.15) is 12.0 Å². The first-order valence-corrected chi connectivity index (χ1v) is 7.95. The zero-order valence-electron chi connectivity index (χ0n) is 13.1. The predicted octanol–water partition coefficient (Wildman–Crippen LogP) is 3.78. The molecular weight excluding hydrogens is 331 g/mol. The zero-order chi connectivity index (χ0) is 17.3. The smallest absolute Gasteiger partial charge is 0.229 e. The Hall–Kier alpha value is -2.40. The van der Waals surface area contributed by atoms with Crippen molar-refractivity contribution in [2.24, 2.45) is 5.92 Å². The van der Waals surface area contributed by atoms with Gasteiger partial charge in [0.25, 0.3) is 0 Å². The van der Waals surface area contributed by atoms with Crippen molar-refractivity contribution in [3.05, 3.63) is 58.9 Å².